The third-order valence-electron chi connectivity index (χ3n) is 3.08. The van der Waals surface area contributed by atoms with E-state index in [1.165, 1.54) is 0 Å². The molecule has 0 amide bonds. The predicted octanol–water partition coefficient (Wildman–Crippen LogP) is 4.10. The number of hydrogen-bond acceptors (Lipinski definition) is 2. The Labute approximate surface area is 118 Å². The van der Waals surface area contributed by atoms with E-state index >= 15 is 0 Å². The minimum Gasteiger partial charge on any atom is -0.370 e. The second-order valence-corrected chi connectivity index (χ2v) is 5.09. The quantitative estimate of drug-likeness (QED) is 0.782. The van der Waals surface area contributed by atoms with Crippen LogP contribution in [0.15, 0.2) is 42.5 Å². The lowest BCUT2D eigenvalue weighted by molar-refractivity contribution is 0.112. The minimum atomic E-state index is 0.706. The summed E-state index contributed by atoms with van der Waals surface area (Å²) in [5, 5.41) is 0.749. The molecule has 0 aliphatic heterocycles. The number of rotatable bonds is 4. The lowest BCUT2D eigenvalue weighted by Gasteiger charge is -2.22. The smallest absolute Gasteiger partial charge is 0.150 e. The number of hydrogen-bond donors (Lipinski definition) is 0. The SMILES string of the molecule is Cc1cc(C=O)ccc1N(C)Cc1cccc(Cl)c1. The van der Waals surface area contributed by atoms with Gasteiger partial charge in [0, 0.05) is 29.9 Å². The average molecular weight is 274 g/mol. The minimum absolute atomic E-state index is 0.706. The molecular weight excluding hydrogens is 258 g/mol. The summed E-state index contributed by atoms with van der Waals surface area (Å²) in [4.78, 5) is 12.9. The molecule has 0 aromatic heterocycles. The summed E-state index contributed by atoms with van der Waals surface area (Å²) in [7, 11) is 2.03. The molecule has 0 atom stereocenters. The van der Waals surface area contributed by atoms with Gasteiger partial charge in [-0.3, -0.25) is 4.79 Å². The van der Waals surface area contributed by atoms with Gasteiger partial charge in [-0.05, 0) is 48.4 Å². The van der Waals surface area contributed by atoms with Crippen LogP contribution in [0.25, 0.3) is 0 Å². The Morgan fingerprint density at radius 1 is 1.21 bits per heavy atom. The van der Waals surface area contributed by atoms with Gasteiger partial charge in [0.05, 0.1) is 0 Å². The van der Waals surface area contributed by atoms with E-state index in [4.69, 9.17) is 11.6 Å². The predicted molar refractivity (Wildman–Crippen MR) is 80.1 cm³/mol. The molecule has 2 nitrogen and oxygen atoms in total. The molecule has 0 saturated carbocycles. The van der Waals surface area contributed by atoms with E-state index in [-0.39, 0.29) is 0 Å². The number of aryl methyl sites for hydroxylation is 1. The summed E-state index contributed by atoms with van der Waals surface area (Å²) in [6.07, 6.45) is 0.869. The molecule has 19 heavy (non-hydrogen) atoms. The zero-order valence-electron chi connectivity index (χ0n) is 11.1. The van der Waals surface area contributed by atoms with E-state index in [0.29, 0.717) is 5.56 Å². The van der Waals surface area contributed by atoms with Crippen molar-refractivity contribution in [1.82, 2.24) is 0 Å². The van der Waals surface area contributed by atoms with E-state index in [1.54, 1.807) is 0 Å². The Bertz CT molecular complexity index is 595. The van der Waals surface area contributed by atoms with Gasteiger partial charge in [-0.15, -0.1) is 0 Å². The van der Waals surface area contributed by atoms with Crippen LogP contribution in [0.3, 0.4) is 0 Å². The van der Waals surface area contributed by atoms with Crippen LogP contribution < -0.4 is 4.90 Å². The molecule has 0 spiro atoms. The summed E-state index contributed by atoms with van der Waals surface area (Å²) in [5.74, 6) is 0. The van der Waals surface area contributed by atoms with Gasteiger partial charge in [-0.1, -0.05) is 23.7 Å². The van der Waals surface area contributed by atoms with E-state index in [9.17, 15) is 4.79 Å². The number of aldehydes is 1. The van der Waals surface area contributed by atoms with Crippen molar-refractivity contribution in [3.05, 3.63) is 64.2 Å². The number of halogens is 1. The van der Waals surface area contributed by atoms with Gasteiger partial charge >= 0.3 is 0 Å². The van der Waals surface area contributed by atoms with Gasteiger partial charge < -0.3 is 4.90 Å². The second kappa shape index (κ2) is 5.89. The maximum atomic E-state index is 10.7. The summed E-state index contributed by atoms with van der Waals surface area (Å²) >= 11 is 5.99. The first kappa shape index (κ1) is 13.6. The van der Waals surface area contributed by atoms with Gasteiger partial charge in [-0.2, -0.15) is 0 Å². The highest BCUT2D eigenvalue weighted by Gasteiger charge is 2.06. The number of carbonyl (C=O) groups excluding carboxylic acids is 1. The fourth-order valence-corrected chi connectivity index (χ4v) is 2.39. The van der Waals surface area contributed by atoms with Gasteiger partial charge in [0.2, 0.25) is 0 Å². The van der Waals surface area contributed by atoms with Crippen molar-refractivity contribution in [2.24, 2.45) is 0 Å². The number of anilines is 1. The Balaban J connectivity index is 2.20. The summed E-state index contributed by atoms with van der Waals surface area (Å²) in [6, 6.07) is 13.6. The molecule has 0 fully saturated rings. The largest absolute Gasteiger partial charge is 0.370 e. The van der Waals surface area contributed by atoms with Gasteiger partial charge in [0.25, 0.3) is 0 Å². The third-order valence-corrected chi connectivity index (χ3v) is 3.31. The molecule has 0 aliphatic carbocycles. The zero-order chi connectivity index (χ0) is 13.8. The summed E-state index contributed by atoms with van der Waals surface area (Å²) in [5.41, 5.74) is 4.07. The Morgan fingerprint density at radius 2 is 2.00 bits per heavy atom. The van der Waals surface area contributed by atoms with Crippen LogP contribution in [0.2, 0.25) is 5.02 Å². The molecule has 2 rings (SSSR count). The first-order valence-electron chi connectivity index (χ1n) is 6.11. The van der Waals surface area contributed by atoms with Crippen LogP contribution in [0.1, 0.15) is 21.5 Å². The Hall–Kier alpha value is -1.80. The van der Waals surface area contributed by atoms with E-state index in [0.717, 1.165) is 34.7 Å². The first-order chi connectivity index (χ1) is 9.10. The average Bonchev–Trinajstić information content (AvgIpc) is 2.38. The van der Waals surface area contributed by atoms with Crippen molar-refractivity contribution < 1.29 is 4.79 Å². The third kappa shape index (κ3) is 3.36. The molecule has 0 saturated heterocycles. The number of carbonyl (C=O) groups is 1. The Morgan fingerprint density at radius 3 is 2.63 bits per heavy atom. The standard InChI is InChI=1S/C16H16ClNO/c1-12-8-14(11-19)6-7-16(12)18(2)10-13-4-3-5-15(17)9-13/h3-9,11H,10H2,1-2H3. The van der Waals surface area contributed by atoms with Crippen LogP contribution in [0.5, 0.6) is 0 Å². The molecule has 2 aromatic carbocycles. The monoisotopic (exact) mass is 273 g/mol. The molecule has 2 aromatic rings. The molecule has 0 heterocycles. The highest BCUT2D eigenvalue weighted by molar-refractivity contribution is 6.30. The fraction of sp³-hybridized carbons (Fsp3) is 0.188. The van der Waals surface area contributed by atoms with E-state index in [1.807, 2.05) is 50.4 Å². The number of nitrogens with zero attached hydrogens (tertiary/aromatic N) is 1. The van der Waals surface area contributed by atoms with Crippen molar-refractivity contribution in [1.29, 1.82) is 0 Å². The van der Waals surface area contributed by atoms with Crippen molar-refractivity contribution >= 4 is 23.6 Å². The van der Waals surface area contributed by atoms with Crippen LogP contribution in [-0.2, 0) is 6.54 Å². The molecular formula is C16H16ClNO. The van der Waals surface area contributed by atoms with Crippen LogP contribution in [0.4, 0.5) is 5.69 Å². The normalized spacial score (nSPS) is 10.3. The van der Waals surface area contributed by atoms with Crippen LogP contribution >= 0.6 is 11.6 Å². The van der Waals surface area contributed by atoms with Crippen molar-refractivity contribution in [2.75, 3.05) is 11.9 Å². The number of benzene rings is 2. The highest BCUT2D eigenvalue weighted by atomic mass is 35.5. The fourth-order valence-electron chi connectivity index (χ4n) is 2.17. The molecule has 0 radical (unpaired) electrons. The van der Waals surface area contributed by atoms with Crippen molar-refractivity contribution in [3.8, 4) is 0 Å². The lowest BCUT2D eigenvalue weighted by atomic mass is 10.1. The lowest BCUT2D eigenvalue weighted by Crippen LogP contribution is -2.17. The maximum Gasteiger partial charge on any atom is 0.150 e. The molecule has 0 bridgehead atoms. The molecule has 0 unspecified atom stereocenters. The maximum absolute atomic E-state index is 10.7. The molecule has 98 valence electrons. The van der Waals surface area contributed by atoms with Crippen LogP contribution in [0, 0.1) is 6.92 Å². The van der Waals surface area contributed by atoms with Crippen molar-refractivity contribution in [2.45, 2.75) is 13.5 Å². The first-order valence-corrected chi connectivity index (χ1v) is 6.49. The van der Waals surface area contributed by atoms with E-state index in [2.05, 4.69) is 11.0 Å². The zero-order valence-corrected chi connectivity index (χ0v) is 11.8. The molecule has 0 aliphatic rings. The van der Waals surface area contributed by atoms with Crippen molar-refractivity contribution in [3.63, 3.8) is 0 Å². The Kier molecular flexibility index (Phi) is 4.23. The summed E-state index contributed by atoms with van der Waals surface area (Å²) < 4.78 is 0. The van der Waals surface area contributed by atoms with E-state index < -0.39 is 0 Å². The van der Waals surface area contributed by atoms with Gasteiger partial charge in [0.15, 0.2) is 0 Å². The molecule has 3 heteroatoms. The highest BCUT2D eigenvalue weighted by Crippen LogP contribution is 2.22. The summed E-state index contributed by atoms with van der Waals surface area (Å²) in [6.45, 7) is 2.79. The topological polar surface area (TPSA) is 20.3 Å². The molecule has 0 N–H and O–H groups in total. The second-order valence-electron chi connectivity index (χ2n) is 4.65. The van der Waals surface area contributed by atoms with Gasteiger partial charge in [-0.25, -0.2) is 0 Å². The van der Waals surface area contributed by atoms with Gasteiger partial charge in [0.1, 0.15) is 6.29 Å². The van der Waals surface area contributed by atoms with Crippen LogP contribution in [-0.4, -0.2) is 13.3 Å².